The zero-order valence-corrected chi connectivity index (χ0v) is 21.7. The van der Waals surface area contributed by atoms with Gasteiger partial charge in [-0.1, -0.05) is 29.8 Å². The smallest absolute Gasteiger partial charge is 0.246 e. The van der Waals surface area contributed by atoms with E-state index in [9.17, 15) is 14.0 Å². The molecule has 0 aliphatic carbocycles. The van der Waals surface area contributed by atoms with Gasteiger partial charge in [0.1, 0.15) is 5.82 Å². The van der Waals surface area contributed by atoms with Crippen molar-refractivity contribution in [1.29, 1.82) is 0 Å². The summed E-state index contributed by atoms with van der Waals surface area (Å²) in [5.74, 6) is -0.613. The Morgan fingerprint density at radius 1 is 1.13 bits per heavy atom. The minimum atomic E-state index is -0.256. The number of amides is 2. The first-order chi connectivity index (χ1) is 18.4. The predicted octanol–water partition coefficient (Wildman–Crippen LogP) is 4.62. The van der Waals surface area contributed by atoms with Crippen LogP contribution in [0.15, 0.2) is 66.9 Å². The van der Waals surface area contributed by atoms with E-state index in [0.29, 0.717) is 60.4 Å². The third-order valence-corrected chi connectivity index (χ3v) is 7.12. The van der Waals surface area contributed by atoms with Crippen LogP contribution in [0.5, 0.6) is 0 Å². The molecule has 5 rings (SSSR count). The number of carbonyl (C=O) groups is 2. The number of hydrogen-bond donors (Lipinski definition) is 1. The quantitative estimate of drug-likeness (QED) is 0.467. The van der Waals surface area contributed by atoms with Crippen LogP contribution in [0.4, 0.5) is 10.1 Å². The van der Waals surface area contributed by atoms with E-state index in [1.54, 1.807) is 30.5 Å². The molecular weight excluding hydrogens is 507 g/mol. The maximum Gasteiger partial charge on any atom is 0.246 e. The number of hydrogen-bond acceptors (Lipinski definition) is 5. The van der Waals surface area contributed by atoms with Crippen molar-refractivity contribution in [3.8, 4) is 11.3 Å². The van der Waals surface area contributed by atoms with Gasteiger partial charge in [0.25, 0.3) is 0 Å². The molecular formula is C29H28ClFN4O3. The Labute approximate surface area is 225 Å². The first-order valence-electron chi connectivity index (χ1n) is 12.4. The van der Waals surface area contributed by atoms with Crippen molar-refractivity contribution < 1.29 is 18.7 Å². The average molecular weight is 535 g/mol. The molecule has 0 saturated carbocycles. The zero-order chi connectivity index (χ0) is 26.6. The Hall–Kier alpha value is -3.59. The van der Waals surface area contributed by atoms with Crippen molar-refractivity contribution in [2.75, 3.05) is 31.6 Å². The monoisotopic (exact) mass is 534 g/mol. The van der Waals surface area contributed by atoms with Gasteiger partial charge in [0, 0.05) is 50.1 Å². The molecule has 2 bridgehead atoms. The number of ether oxygens (including phenoxy) is 1. The Morgan fingerprint density at radius 3 is 2.53 bits per heavy atom. The van der Waals surface area contributed by atoms with Gasteiger partial charge in [0.2, 0.25) is 11.8 Å². The number of nitrogens with zero attached hydrogens (tertiary/aromatic N) is 3. The second-order valence-electron chi connectivity index (χ2n) is 9.54. The lowest BCUT2D eigenvalue weighted by molar-refractivity contribution is -0.141. The Morgan fingerprint density at radius 2 is 1.87 bits per heavy atom. The Kier molecular flexibility index (Phi) is 7.83. The SMILES string of the molecule is CC(=O)Nc1cc(Cl)c(-c2ccccn2)cc1C=CC(=O)N1CC2COCC(C1)N2Cc1ccc(F)cc1. The second-order valence-corrected chi connectivity index (χ2v) is 9.94. The molecule has 0 radical (unpaired) electrons. The lowest BCUT2D eigenvalue weighted by atomic mass is 10.0. The number of piperazine rings is 1. The molecule has 0 spiro atoms. The highest BCUT2D eigenvalue weighted by Crippen LogP contribution is 2.33. The number of benzene rings is 2. The van der Waals surface area contributed by atoms with Gasteiger partial charge in [-0.2, -0.15) is 0 Å². The number of rotatable bonds is 6. The maximum absolute atomic E-state index is 13.3. The first-order valence-corrected chi connectivity index (χ1v) is 12.8. The summed E-state index contributed by atoms with van der Waals surface area (Å²) in [6.07, 6.45) is 4.92. The zero-order valence-electron chi connectivity index (χ0n) is 20.9. The largest absolute Gasteiger partial charge is 0.378 e. The molecule has 7 nitrogen and oxygen atoms in total. The van der Waals surface area contributed by atoms with Gasteiger partial charge in [0.15, 0.2) is 0 Å². The van der Waals surface area contributed by atoms with Gasteiger partial charge in [-0.15, -0.1) is 0 Å². The van der Waals surface area contributed by atoms with Crippen LogP contribution in [-0.2, 0) is 20.9 Å². The van der Waals surface area contributed by atoms with E-state index < -0.39 is 0 Å². The fourth-order valence-electron chi connectivity index (χ4n) is 4.98. The van der Waals surface area contributed by atoms with E-state index >= 15 is 0 Å². The number of nitrogens with one attached hydrogen (secondary N) is 1. The van der Waals surface area contributed by atoms with E-state index in [4.69, 9.17) is 16.3 Å². The molecule has 1 N–H and O–H groups in total. The molecule has 1 aromatic heterocycles. The number of carbonyl (C=O) groups excluding carboxylic acids is 2. The average Bonchev–Trinajstić information content (AvgIpc) is 2.89. The molecule has 2 fully saturated rings. The Bertz CT molecular complexity index is 1340. The van der Waals surface area contributed by atoms with Crippen molar-refractivity contribution >= 4 is 35.2 Å². The maximum atomic E-state index is 13.3. The minimum Gasteiger partial charge on any atom is -0.378 e. The van der Waals surface area contributed by atoms with Crippen LogP contribution in [0.2, 0.25) is 5.02 Å². The van der Waals surface area contributed by atoms with Gasteiger partial charge >= 0.3 is 0 Å². The number of fused-ring (bicyclic) bond motifs is 2. The summed E-state index contributed by atoms with van der Waals surface area (Å²) < 4.78 is 19.1. The normalized spacial score (nSPS) is 19.5. The first kappa shape index (κ1) is 26.0. The van der Waals surface area contributed by atoms with Gasteiger partial charge in [-0.3, -0.25) is 19.5 Å². The minimum absolute atomic E-state index is 0.0473. The number of pyridine rings is 1. The molecule has 38 heavy (non-hydrogen) atoms. The fourth-order valence-corrected chi connectivity index (χ4v) is 5.24. The van der Waals surface area contributed by atoms with E-state index in [1.165, 1.54) is 25.1 Å². The summed E-state index contributed by atoms with van der Waals surface area (Å²) in [5, 5.41) is 3.24. The molecule has 3 aromatic rings. The van der Waals surface area contributed by atoms with Crippen LogP contribution in [0.3, 0.4) is 0 Å². The topological polar surface area (TPSA) is 74.8 Å². The molecule has 2 saturated heterocycles. The number of halogens is 2. The van der Waals surface area contributed by atoms with Crippen molar-refractivity contribution in [3.05, 3.63) is 88.8 Å². The summed E-state index contributed by atoms with van der Waals surface area (Å²) in [7, 11) is 0. The van der Waals surface area contributed by atoms with E-state index in [2.05, 4.69) is 15.2 Å². The van der Waals surface area contributed by atoms with E-state index in [0.717, 1.165) is 5.56 Å². The predicted molar refractivity (Wildman–Crippen MR) is 145 cm³/mol. The van der Waals surface area contributed by atoms with Crippen LogP contribution in [-0.4, -0.2) is 65.0 Å². The van der Waals surface area contributed by atoms with E-state index in [1.807, 2.05) is 29.2 Å². The standard InChI is InChI=1S/C29H28ClFN4O3/c1-19(36)33-28-13-26(30)25(27-4-2-3-11-32-27)12-21(28)7-10-29(37)34-15-23-17-38-18-24(16-34)35(23)14-20-5-8-22(31)9-6-20/h2-13,23-24H,14-18H2,1H3,(H,33,36). The fraction of sp³-hybridized carbons (Fsp3) is 0.276. The van der Waals surface area contributed by atoms with Gasteiger partial charge in [-0.05, 0) is 53.6 Å². The van der Waals surface area contributed by atoms with Gasteiger partial charge < -0.3 is 15.0 Å². The summed E-state index contributed by atoms with van der Waals surface area (Å²) >= 11 is 6.51. The summed E-state index contributed by atoms with van der Waals surface area (Å²) in [4.78, 5) is 33.6. The molecule has 2 aromatic carbocycles. The van der Waals surface area contributed by atoms with Crippen molar-refractivity contribution in [2.45, 2.75) is 25.6 Å². The summed E-state index contributed by atoms with van der Waals surface area (Å²) in [5.41, 5.74) is 3.59. The second kappa shape index (κ2) is 11.4. The van der Waals surface area contributed by atoms with Crippen molar-refractivity contribution in [1.82, 2.24) is 14.8 Å². The lowest BCUT2D eigenvalue weighted by Gasteiger charge is -2.49. The number of anilines is 1. The summed E-state index contributed by atoms with van der Waals surface area (Å²) in [6, 6.07) is 15.7. The third-order valence-electron chi connectivity index (χ3n) is 6.81. The number of morpholine rings is 1. The highest BCUT2D eigenvalue weighted by Gasteiger charge is 2.39. The Balaban J connectivity index is 1.34. The highest BCUT2D eigenvalue weighted by molar-refractivity contribution is 6.33. The lowest BCUT2D eigenvalue weighted by Crippen LogP contribution is -2.64. The van der Waals surface area contributed by atoms with Crippen LogP contribution < -0.4 is 5.32 Å². The molecule has 196 valence electrons. The van der Waals surface area contributed by atoms with Crippen molar-refractivity contribution in [2.24, 2.45) is 0 Å². The molecule has 9 heteroatoms. The summed E-state index contributed by atoms with van der Waals surface area (Å²) in [6.45, 7) is 4.22. The van der Waals surface area contributed by atoms with Crippen LogP contribution in [0, 0.1) is 5.82 Å². The third kappa shape index (κ3) is 5.93. The number of aromatic nitrogens is 1. The van der Waals surface area contributed by atoms with E-state index in [-0.39, 0.29) is 29.7 Å². The van der Waals surface area contributed by atoms with Crippen LogP contribution >= 0.6 is 11.6 Å². The molecule has 2 aliphatic heterocycles. The highest BCUT2D eigenvalue weighted by atomic mass is 35.5. The molecule has 3 heterocycles. The van der Waals surface area contributed by atoms with Crippen LogP contribution in [0.1, 0.15) is 18.1 Å². The molecule has 2 aliphatic rings. The molecule has 2 unspecified atom stereocenters. The molecule has 2 amide bonds. The van der Waals surface area contributed by atoms with Crippen LogP contribution in [0.25, 0.3) is 17.3 Å². The van der Waals surface area contributed by atoms with Crippen molar-refractivity contribution in [3.63, 3.8) is 0 Å². The van der Waals surface area contributed by atoms with Gasteiger partial charge in [-0.25, -0.2) is 4.39 Å². The van der Waals surface area contributed by atoms with Gasteiger partial charge in [0.05, 0.1) is 36.0 Å². The molecule has 2 atom stereocenters.